The molecule has 3 nitrogen and oxygen atoms in total. The van der Waals surface area contributed by atoms with Crippen LogP contribution in [0.4, 0.5) is 5.95 Å². The van der Waals surface area contributed by atoms with Crippen molar-refractivity contribution in [3.8, 4) is 0 Å². The average molecular weight is 453 g/mol. The molecule has 1 aromatic heterocycles. The molecule has 0 unspecified atom stereocenters. The highest BCUT2D eigenvalue weighted by atomic mass is 79.9. The maximum absolute atomic E-state index is 4.82. The SMILES string of the molecule is CCCCCCCCCCCCCCCCc1nc(N2CCC2)nc(C)c1Br. The monoisotopic (exact) mass is 451 g/mol. The molecular weight excluding hydrogens is 410 g/mol. The van der Waals surface area contributed by atoms with Crippen LogP contribution >= 0.6 is 15.9 Å². The highest BCUT2D eigenvalue weighted by Gasteiger charge is 2.19. The van der Waals surface area contributed by atoms with E-state index in [9.17, 15) is 0 Å². The summed E-state index contributed by atoms with van der Waals surface area (Å²) in [6, 6.07) is 0. The van der Waals surface area contributed by atoms with Gasteiger partial charge in [0.1, 0.15) is 0 Å². The number of anilines is 1. The van der Waals surface area contributed by atoms with E-state index in [1.54, 1.807) is 0 Å². The third kappa shape index (κ3) is 8.80. The number of hydrogen-bond donors (Lipinski definition) is 0. The van der Waals surface area contributed by atoms with Gasteiger partial charge in [0.15, 0.2) is 0 Å². The lowest BCUT2D eigenvalue weighted by molar-refractivity contribution is 0.534. The molecule has 160 valence electrons. The summed E-state index contributed by atoms with van der Waals surface area (Å²) in [6.45, 7) is 6.60. The largest absolute Gasteiger partial charge is 0.341 e. The molecule has 1 saturated heterocycles. The Morgan fingerprint density at radius 3 is 1.71 bits per heavy atom. The van der Waals surface area contributed by atoms with Crippen molar-refractivity contribution in [1.82, 2.24) is 9.97 Å². The van der Waals surface area contributed by atoms with Crippen molar-refractivity contribution in [2.45, 2.75) is 117 Å². The van der Waals surface area contributed by atoms with E-state index in [2.05, 4.69) is 39.7 Å². The van der Waals surface area contributed by atoms with Gasteiger partial charge in [-0.15, -0.1) is 0 Å². The summed E-state index contributed by atoms with van der Waals surface area (Å²) in [5, 5.41) is 0. The zero-order valence-corrected chi connectivity index (χ0v) is 20.0. The Bertz CT molecular complexity index is 543. The van der Waals surface area contributed by atoms with E-state index in [0.29, 0.717) is 0 Å². The molecule has 1 aliphatic heterocycles. The Balaban J connectivity index is 1.47. The van der Waals surface area contributed by atoms with Crippen molar-refractivity contribution in [2.75, 3.05) is 18.0 Å². The second-order valence-corrected chi connectivity index (χ2v) is 9.35. The molecule has 0 N–H and O–H groups in total. The fourth-order valence-corrected chi connectivity index (χ4v) is 4.29. The Labute approximate surface area is 182 Å². The lowest BCUT2D eigenvalue weighted by Crippen LogP contribution is -2.38. The van der Waals surface area contributed by atoms with Gasteiger partial charge < -0.3 is 4.90 Å². The first-order valence-electron chi connectivity index (χ1n) is 12.0. The lowest BCUT2D eigenvalue weighted by Gasteiger charge is -2.31. The van der Waals surface area contributed by atoms with E-state index >= 15 is 0 Å². The van der Waals surface area contributed by atoms with E-state index in [-0.39, 0.29) is 0 Å². The molecule has 28 heavy (non-hydrogen) atoms. The number of aryl methyl sites for hydroxylation is 2. The van der Waals surface area contributed by atoms with Crippen LogP contribution in [0, 0.1) is 6.92 Å². The Kier molecular flexibility index (Phi) is 12.1. The zero-order chi connectivity index (χ0) is 20.0. The van der Waals surface area contributed by atoms with Crippen LogP contribution in [0.3, 0.4) is 0 Å². The van der Waals surface area contributed by atoms with Crippen molar-refractivity contribution in [1.29, 1.82) is 0 Å². The maximum atomic E-state index is 4.82. The van der Waals surface area contributed by atoms with Gasteiger partial charge in [-0.2, -0.15) is 0 Å². The highest BCUT2D eigenvalue weighted by Crippen LogP contribution is 2.25. The van der Waals surface area contributed by atoms with Gasteiger partial charge in [0.25, 0.3) is 0 Å². The van der Waals surface area contributed by atoms with Crippen LogP contribution in [-0.4, -0.2) is 23.1 Å². The van der Waals surface area contributed by atoms with Crippen LogP contribution in [0.15, 0.2) is 4.47 Å². The highest BCUT2D eigenvalue weighted by molar-refractivity contribution is 9.10. The van der Waals surface area contributed by atoms with Crippen LogP contribution in [0.1, 0.15) is 115 Å². The van der Waals surface area contributed by atoms with Gasteiger partial charge in [-0.1, -0.05) is 90.4 Å². The molecule has 0 amide bonds. The molecule has 1 fully saturated rings. The third-order valence-corrected chi connectivity index (χ3v) is 7.01. The number of halogens is 1. The minimum atomic E-state index is 0.937. The van der Waals surface area contributed by atoms with E-state index in [1.807, 2.05) is 0 Å². The van der Waals surface area contributed by atoms with Gasteiger partial charge in [0.2, 0.25) is 5.95 Å². The second-order valence-electron chi connectivity index (χ2n) is 8.56. The first-order chi connectivity index (χ1) is 13.7. The molecule has 0 radical (unpaired) electrons. The number of nitrogens with zero attached hydrogens (tertiary/aromatic N) is 3. The molecule has 2 heterocycles. The summed E-state index contributed by atoms with van der Waals surface area (Å²) < 4.78 is 1.12. The third-order valence-electron chi connectivity index (χ3n) is 5.98. The Hall–Kier alpha value is -0.640. The normalized spacial score (nSPS) is 13.8. The summed E-state index contributed by atoms with van der Waals surface area (Å²) in [6.07, 6.45) is 22.0. The summed E-state index contributed by atoms with van der Waals surface area (Å²) in [7, 11) is 0. The number of unbranched alkanes of at least 4 members (excludes halogenated alkanes) is 13. The molecule has 0 saturated carbocycles. The van der Waals surface area contributed by atoms with Crippen LogP contribution < -0.4 is 4.90 Å². The predicted octanol–water partition coefficient (Wildman–Crippen LogP) is 7.78. The quantitative estimate of drug-likeness (QED) is 0.240. The van der Waals surface area contributed by atoms with Gasteiger partial charge in [-0.05, 0) is 42.1 Å². The maximum Gasteiger partial charge on any atom is 0.225 e. The summed E-state index contributed by atoms with van der Waals surface area (Å²) in [4.78, 5) is 11.7. The van der Waals surface area contributed by atoms with Crippen LogP contribution in [-0.2, 0) is 6.42 Å². The number of hydrogen-bond acceptors (Lipinski definition) is 3. The molecule has 0 atom stereocenters. The van der Waals surface area contributed by atoms with Gasteiger partial charge in [-0.3, -0.25) is 0 Å². The minimum absolute atomic E-state index is 0.937. The van der Waals surface area contributed by atoms with Crippen molar-refractivity contribution in [2.24, 2.45) is 0 Å². The molecule has 0 bridgehead atoms. The van der Waals surface area contributed by atoms with Gasteiger partial charge in [0, 0.05) is 13.1 Å². The van der Waals surface area contributed by atoms with Gasteiger partial charge >= 0.3 is 0 Å². The molecule has 4 heteroatoms. The number of aromatic nitrogens is 2. The lowest BCUT2D eigenvalue weighted by atomic mass is 10.0. The Morgan fingerprint density at radius 2 is 1.25 bits per heavy atom. The van der Waals surface area contributed by atoms with E-state index in [1.165, 1.54) is 102 Å². The topological polar surface area (TPSA) is 29.0 Å². The van der Waals surface area contributed by atoms with Crippen molar-refractivity contribution < 1.29 is 0 Å². The van der Waals surface area contributed by atoms with Gasteiger partial charge in [-0.25, -0.2) is 9.97 Å². The number of rotatable bonds is 16. The summed E-state index contributed by atoms with van der Waals surface area (Å²) in [5.41, 5.74) is 2.28. The molecule has 0 spiro atoms. The van der Waals surface area contributed by atoms with E-state index in [4.69, 9.17) is 4.98 Å². The van der Waals surface area contributed by atoms with Gasteiger partial charge in [0.05, 0.1) is 15.9 Å². The predicted molar refractivity (Wildman–Crippen MR) is 125 cm³/mol. The molecule has 2 rings (SSSR count). The first-order valence-corrected chi connectivity index (χ1v) is 12.8. The molecule has 1 aliphatic rings. The minimum Gasteiger partial charge on any atom is -0.341 e. The molecular formula is C24H42BrN3. The standard InChI is InChI=1S/C24H42BrN3/c1-3-4-5-6-7-8-9-10-11-12-13-14-15-16-18-22-23(25)21(2)26-24(27-22)28-19-17-20-28/h3-20H2,1-2H3. The smallest absolute Gasteiger partial charge is 0.225 e. The van der Waals surface area contributed by atoms with E-state index < -0.39 is 0 Å². The van der Waals surface area contributed by atoms with E-state index in [0.717, 1.165) is 35.6 Å². The summed E-state index contributed by atoms with van der Waals surface area (Å²) >= 11 is 3.70. The van der Waals surface area contributed by atoms with Crippen molar-refractivity contribution in [3.05, 3.63) is 15.9 Å². The van der Waals surface area contributed by atoms with Crippen molar-refractivity contribution in [3.63, 3.8) is 0 Å². The molecule has 0 aliphatic carbocycles. The fourth-order valence-electron chi connectivity index (χ4n) is 3.91. The average Bonchev–Trinajstić information content (AvgIpc) is 2.64. The fraction of sp³-hybridized carbons (Fsp3) is 0.833. The Morgan fingerprint density at radius 1 is 0.750 bits per heavy atom. The molecule has 0 aromatic carbocycles. The van der Waals surface area contributed by atoms with Crippen LogP contribution in [0.2, 0.25) is 0 Å². The molecule has 1 aromatic rings. The van der Waals surface area contributed by atoms with Crippen LogP contribution in [0.5, 0.6) is 0 Å². The first kappa shape index (κ1) is 23.6. The summed E-state index contributed by atoms with van der Waals surface area (Å²) in [5.74, 6) is 0.937. The van der Waals surface area contributed by atoms with Crippen LogP contribution in [0.25, 0.3) is 0 Å². The second kappa shape index (κ2) is 14.4. The zero-order valence-electron chi connectivity index (χ0n) is 18.4. The van der Waals surface area contributed by atoms with Crippen molar-refractivity contribution >= 4 is 21.9 Å².